The second-order valence-electron chi connectivity index (χ2n) is 4.71. The summed E-state index contributed by atoms with van der Waals surface area (Å²) in [4.78, 5) is 11.9. The maximum Gasteiger partial charge on any atom is 0.192 e. The fourth-order valence-electron chi connectivity index (χ4n) is 1.71. The minimum absolute atomic E-state index is 0.0306. The lowest BCUT2D eigenvalue weighted by atomic mass is 10.1. The largest absolute Gasteiger partial charge is 0.496 e. The summed E-state index contributed by atoms with van der Waals surface area (Å²) in [7, 11) is 1.57. The summed E-state index contributed by atoms with van der Waals surface area (Å²) in [6.45, 7) is 5.12. The standard InChI is InChI=1S/C15H22O3/c1-12(2)7-6-10-18-11-14(16)13-8-4-5-9-15(13)17-3/h4-5,8-9,12H,6-7,10-11H2,1-3H3. The molecule has 0 aliphatic carbocycles. The van der Waals surface area contributed by atoms with Crippen LogP contribution in [0, 0.1) is 5.92 Å². The van der Waals surface area contributed by atoms with Gasteiger partial charge in [0.2, 0.25) is 0 Å². The van der Waals surface area contributed by atoms with Gasteiger partial charge in [0.25, 0.3) is 0 Å². The summed E-state index contributed by atoms with van der Waals surface area (Å²) in [5, 5.41) is 0. The van der Waals surface area contributed by atoms with Gasteiger partial charge in [0, 0.05) is 6.61 Å². The SMILES string of the molecule is COc1ccccc1C(=O)COCCCC(C)C. The number of carbonyl (C=O) groups is 1. The van der Waals surface area contributed by atoms with Gasteiger partial charge in [0.05, 0.1) is 12.7 Å². The van der Waals surface area contributed by atoms with E-state index in [1.54, 1.807) is 19.2 Å². The van der Waals surface area contributed by atoms with E-state index in [9.17, 15) is 4.79 Å². The number of methoxy groups -OCH3 is 1. The minimum atomic E-state index is -0.0306. The number of ether oxygens (including phenoxy) is 2. The van der Waals surface area contributed by atoms with Crippen LogP contribution in [0.25, 0.3) is 0 Å². The molecular weight excluding hydrogens is 228 g/mol. The predicted molar refractivity (Wildman–Crippen MR) is 72.2 cm³/mol. The van der Waals surface area contributed by atoms with Crippen LogP contribution < -0.4 is 4.74 Å². The van der Waals surface area contributed by atoms with E-state index in [-0.39, 0.29) is 12.4 Å². The molecule has 0 heterocycles. The van der Waals surface area contributed by atoms with Gasteiger partial charge in [-0.05, 0) is 30.9 Å². The van der Waals surface area contributed by atoms with E-state index in [4.69, 9.17) is 9.47 Å². The molecule has 1 aromatic rings. The van der Waals surface area contributed by atoms with Crippen LogP contribution in [0.5, 0.6) is 5.75 Å². The first kappa shape index (κ1) is 14.7. The van der Waals surface area contributed by atoms with Crippen molar-refractivity contribution in [2.24, 2.45) is 5.92 Å². The highest BCUT2D eigenvalue weighted by atomic mass is 16.5. The predicted octanol–water partition coefficient (Wildman–Crippen LogP) is 3.33. The monoisotopic (exact) mass is 250 g/mol. The Morgan fingerprint density at radius 3 is 2.67 bits per heavy atom. The average molecular weight is 250 g/mol. The second-order valence-corrected chi connectivity index (χ2v) is 4.71. The molecule has 0 bridgehead atoms. The maximum absolute atomic E-state index is 11.9. The molecule has 0 saturated carbocycles. The van der Waals surface area contributed by atoms with E-state index in [0.29, 0.717) is 23.8 Å². The number of Topliss-reactive ketones (excluding diaryl/α,β-unsaturated/α-hetero) is 1. The van der Waals surface area contributed by atoms with Crippen molar-refractivity contribution < 1.29 is 14.3 Å². The van der Waals surface area contributed by atoms with Crippen LogP contribution in [0.15, 0.2) is 24.3 Å². The van der Waals surface area contributed by atoms with Crippen LogP contribution in [-0.2, 0) is 4.74 Å². The fraction of sp³-hybridized carbons (Fsp3) is 0.533. The zero-order valence-corrected chi connectivity index (χ0v) is 11.4. The first-order valence-electron chi connectivity index (χ1n) is 6.39. The summed E-state index contributed by atoms with van der Waals surface area (Å²) >= 11 is 0. The van der Waals surface area contributed by atoms with Crippen LogP contribution in [-0.4, -0.2) is 26.1 Å². The third-order valence-electron chi connectivity index (χ3n) is 2.71. The first-order chi connectivity index (χ1) is 8.65. The molecule has 0 atom stereocenters. The number of benzene rings is 1. The molecule has 0 saturated heterocycles. The molecule has 3 nitrogen and oxygen atoms in total. The molecule has 0 spiro atoms. The van der Waals surface area contributed by atoms with Crippen molar-refractivity contribution >= 4 is 5.78 Å². The topological polar surface area (TPSA) is 35.5 Å². The Labute approximate surface area is 109 Å². The van der Waals surface area contributed by atoms with Crippen LogP contribution in [0.3, 0.4) is 0 Å². The smallest absolute Gasteiger partial charge is 0.192 e. The summed E-state index contributed by atoms with van der Waals surface area (Å²) in [6, 6.07) is 7.22. The quantitative estimate of drug-likeness (QED) is 0.524. The lowest BCUT2D eigenvalue weighted by Crippen LogP contribution is -2.11. The zero-order valence-electron chi connectivity index (χ0n) is 11.4. The Morgan fingerprint density at radius 1 is 1.28 bits per heavy atom. The molecule has 3 heteroatoms. The number of hydrogen-bond acceptors (Lipinski definition) is 3. The Hall–Kier alpha value is -1.35. The molecule has 0 aromatic heterocycles. The van der Waals surface area contributed by atoms with Gasteiger partial charge in [-0.3, -0.25) is 4.79 Å². The summed E-state index contributed by atoms with van der Waals surface area (Å²) in [5.41, 5.74) is 0.587. The normalized spacial score (nSPS) is 10.7. The van der Waals surface area contributed by atoms with Crippen molar-refractivity contribution in [2.75, 3.05) is 20.3 Å². The van der Waals surface area contributed by atoms with Crippen molar-refractivity contribution in [3.05, 3.63) is 29.8 Å². The number of rotatable bonds is 8. The molecule has 0 amide bonds. The van der Waals surface area contributed by atoms with Crippen LogP contribution in [0.4, 0.5) is 0 Å². The van der Waals surface area contributed by atoms with Gasteiger partial charge >= 0.3 is 0 Å². The van der Waals surface area contributed by atoms with Gasteiger partial charge in [-0.1, -0.05) is 26.0 Å². The molecular formula is C15H22O3. The molecule has 0 unspecified atom stereocenters. The minimum Gasteiger partial charge on any atom is -0.496 e. The lowest BCUT2D eigenvalue weighted by molar-refractivity contribution is 0.0746. The Bertz CT molecular complexity index is 372. The van der Waals surface area contributed by atoms with Gasteiger partial charge < -0.3 is 9.47 Å². The van der Waals surface area contributed by atoms with Crippen molar-refractivity contribution in [1.82, 2.24) is 0 Å². The van der Waals surface area contributed by atoms with Crippen molar-refractivity contribution in [3.8, 4) is 5.75 Å². The molecule has 18 heavy (non-hydrogen) atoms. The molecule has 100 valence electrons. The highest BCUT2D eigenvalue weighted by Crippen LogP contribution is 2.17. The first-order valence-corrected chi connectivity index (χ1v) is 6.39. The van der Waals surface area contributed by atoms with E-state index in [0.717, 1.165) is 12.8 Å². The molecule has 0 radical (unpaired) electrons. The fourth-order valence-corrected chi connectivity index (χ4v) is 1.71. The average Bonchev–Trinajstić information content (AvgIpc) is 2.37. The number of carbonyl (C=O) groups excluding carboxylic acids is 1. The number of para-hydroxylation sites is 1. The highest BCUT2D eigenvalue weighted by Gasteiger charge is 2.11. The molecule has 1 rings (SSSR count). The summed E-state index contributed by atoms with van der Waals surface area (Å²) < 4.78 is 10.5. The van der Waals surface area contributed by atoms with Gasteiger partial charge in [-0.25, -0.2) is 0 Å². The summed E-state index contributed by atoms with van der Waals surface area (Å²) in [5.74, 6) is 1.25. The third kappa shape index (κ3) is 4.88. The van der Waals surface area contributed by atoms with Gasteiger partial charge in [-0.15, -0.1) is 0 Å². The molecule has 0 fully saturated rings. The van der Waals surface area contributed by atoms with Crippen molar-refractivity contribution in [1.29, 1.82) is 0 Å². The van der Waals surface area contributed by atoms with Gasteiger partial charge in [0.15, 0.2) is 5.78 Å². The van der Waals surface area contributed by atoms with E-state index in [1.807, 2.05) is 12.1 Å². The van der Waals surface area contributed by atoms with E-state index < -0.39 is 0 Å². The van der Waals surface area contributed by atoms with Gasteiger partial charge in [0.1, 0.15) is 12.4 Å². The third-order valence-corrected chi connectivity index (χ3v) is 2.71. The molecule has 0 aliphatic rings. The van der Waals surface area contributed by atoms with Crippen LogP contribution in [0.1, 0.15) is 37.0 Å². The van der Waals surface area contributed by atoms with Crippen LogP contribution in [0.2, 0.25) is 0 Å². The van der Waals surface area contributed by atoms with Gasteiger partial charge in [-0.2, -0.15) is 0 Å². The highest BCUT2D eigenvalue weighted by molar-refractivity contribution is 5.99. The van der Waals surface area contributed by atoms with E-state index >= 15 is 0 Å². The van der Waals surface area contributed by atoms with Crippen LogP contribution >= 0.6 is 0 Å². The Balaban J connectivity index is 2.36. The lowest BCUT2D eigenvalue weighted by Gasteiger charge is -2.08. The Morgan fingerprint density at radius 2 is 2.00 bits per heavy atom. The van der Waals surface area contributed by atoms with E-state index in [1.165, 1.54) is 0 Å². The second kappa shape index (κ2) is 7.88. The Kier molecular flexibility index (Phi) is 6.44. The summed E-state index contributed by atoms with van der Waals surface area (Å²) in [6.07, 6.45) is 2.12. The van der Waals surface area contributed by atoms with Crippen molar-refractivity contribution in [3.63, 3.8) is 0 Å². The molecule has 0 N–H and O–H groups in total. The van der Waals surface area contributed by atoms with Crippen molar-refractivity contribution in [2.45, 2.75) is 26.7 Å². The van der Waals surface area contributed by atoms with E-state index in [2.05, 4.69) is 13.8 Å². The number of ketones is 1. The zero-order chi connectivity index (χ0) is 13.4. The molecule has 1 aromatic carbocycles. The number of hydrogen-bond donors (Lipinski definition) is 0. The molecule has 0 aliphatic heterocycles. The maximum atomic E-state index is 11.9.